The lowest BCUT2D eigenvalue weighted by atomic mass is 9.99. The molecule has 5 nitrogen and oxygen atoms in total. The number of rotatable bonds is 3. The fraction of sp³-hybridized carbons (Fsp3) is 0.211. The molecule has 5 heteroatoms. The van der Waals surface area contributed by atoms with Gasteiger partial charge in [-0.2, -0.15) is 0 Å². The number of carbonyl (C=O) groups is 1. The van der Waals surface area contributed by atoms with Crippen molar-refractivity contribution in [3.63, 3.8) is 0 Å². The molecule has 1 aliphatic rings. The van der Waals surface area contributed by atoms with Crippen molar-refractivity contribution in [2.75, 3.05) is 19.7 Å². The Morgan fingerprint density at radius 2 is 2.00 bits per heavy atom. The van der Waals surface area contributed by atoms with Crippen molar-refractivity contribution in [3.8, 4) is 11.1 Å². The molecule has 2 heterocycles. The number of fused-ring (bicyclic) bond motifs is 1. The maximum atomic E-state index is 11.1. The Hall–Kier alpha value is -2.63. The molecule has 1 fully saturated rings. The predicted octanol–water partition coefficient (Wildman–Crippen LogP) is 3.19. The quantitative estimate of drug-likeness (QED) is 0.692. The number of H-pyrrole nitrogens is 1. The summed E-state index contributed by atoms with van der Waals surface area (Å²) in [5.74, 6) is -0.948. The van der Waals surface area contributed by atoms with Crippen molar-refractivity contribution in [2.24, 2.45) is 0 Å². The van der Waals surface area contributed by atoms with Crippen molar-refractivity contribution in [1.29, 1.82) is 0 Å². The molecule has 1 aromatic heterocycles. The van der Waals surface area contributed by atoms with Crippen LogP contribution in [-0.4, -0.2) is 35.8 Å². The van der Waals surface area contributed by atoms with Gasteiger partial charge in [0.25, 0.3) is 0 Å². The van der Waals surface area contributed by atoms with E-state index < -0.39 is 5.97 Å². The van der Waals surface area contributed by atoms with E-state index >= 15 is 0 Å². The van der Waals surface area contributed by atoms with E-state index in [4.69, 9.17) is 9.84 Å². The van der Waals surface area contributed by atoms with Crippen molar-refractivity contribution < 1.29 is 14.6 Å². The minimum atomic E-state index is -0.948. The molecule has 0 amide bonds. The highest BCUT2D eigenvalue weighted by Crippen LogP contribution is 2.28. The summed E-state index contributed by atoms with van der Waals surface area (Å²) < 4.78 is 5.82. The lowest BCUT2D eigenvalue weighted by molar-refractivity contribution is 0.0277. The number of aromatic carboxylic acids is 1. The summed E-state index contributed by atoms with van der Waals surface area (Å²) in [7, 11) is 0. The molecular formula is C19H18N2O3. The Balaban J connectivity index is 1.70. The molecule has 0 aliphatic carbocycles. The Labute approximate surface area is 139 Å². The molecule has 4 rings (SSSR count). The van der Waals surface area contributed by atoms with Gasteiger partial charge in [0.1, 0.15) is 5.69 Å². The number of hydrogen-bond donors (Lipinski definition) is 3. The van der Waals surface area contributed by atoms with Crippen LogP contribution in [0.2, 0.25) is 0 Å². The highest BCUT2D eigenvalue weighted by molar-refractivity contribution is 5.95. The van der Waals surface area contributed by atoms with E-state index in [1.807, 2.05) is 24.3 Å². The van der Waals surface area contributed by atoms with E-state index in [0.717, 1.165) is 47.3 Å². The van der Waals surface area contributed by atoms with Gasteiger partial charge in [0.2, 0.25) is 0 Å². The van der Waals surface area contributed by atoms with Gasteiger partial charge in [-0.05, 0) is 41.0 Å². The van der Waals surface area contributed by atoms with Gasteiger partial charge in [-0.25, -0.2) is 4.79 Å². The molecule has 0 radical (unpaired) electrons. The van der Waals surface area contributed by atoms with E-state index in [-0.39, 0.29) is 11.8 Å². The lowest BCUT2D eigenvalue weighted by Crippen LogP contribution is -2.33. The molecular weight excluding hydrogens is 304 g/mol. The molecule has 2 aromatic carbocycles. The maximum absolute atomic E-state index is 11.1. The number of carboxylic acids is 1. The second-order valence-corrected chi connectivity index (χ2v) is 5.98. The number of ether oxygens (including phenoxy) is 1. The molecule has 3 N–H and O–H groups in total. The normalized spacial score (nSPS) is 17.9. The van der Waals surface area contributed by atoms with Gasteiger partial charge in [-0.3, -0.25) is 0 Å². The molecule has 0 unspecified atom stereocenters. The Bertz CT molecular complexity index is 895. The van der Waals surface area contributed by atoms with Gasteiger partial charge in [-0.15, -0.1) is 0 Å². The van der Waals surface area contributed by atoms with Crippen LogP contribution in [0.4, 0.5) is 0 Å². The maximum Gasteiger partial charge on any atom is 0.352 e. The summed E-state index contributed by atoms with van der Waals surface area (Å²) in [6.07, 6.45) is 0.0771. The zero-order valence-electron chi connectivity index (χ0n) is 13.1. The van der Waals surface area contributed by atoms with Crippen LogP contribution in [0.15, 0.2) is 48.5 Å². The second kappa shape index (κ2) is 6.11. The first-order valence-electron chi connectivity index (χ1n) is 7.99. The van der Waals surface area contributed by atoms with Crippen molar-refractivity contribution in [1.82, 2.24) is 10.3 Å². The minimum Gasteiger partial charge on any atom is -0.477 e. The average Bonchev–Trinajstić information content (AvgIpc) is 3.06. The van der Waals surface area contributed by atoms with Crippen LogP contribution in [0.25, 0.3) is 22.0 Å². The van der Waals surface area contributed by atoms with Crippen LogP contribution < -0.4 is 5.32 Å². The van der Waals surface area contributed by atoms with Crippen molar-refractivity contribution in [3.05, 3.63) is 59.8 Å². The van der Waals surface area contributed by atoms with Crippen LogP contribution in [0.3, 0.4) is 0 Å². The summed E-state index contributed by atoms with van der Waals surface area (Å²) in [5, 5.41) is 13.3. The molecule has 1 atom stereocenters. The number of benzene rings is 2. The van der Waals surface area contributed by atoms with E-state index in [0.29, 0.717) is 0 Å². The number of aromatic amines is 1. The van der Waals surface area contributed by atoms with Gasteiger partial charge in [0, 0.05) is 24.0 Å². The molecule has 3 aromatic rings. The van der Waals surface area contributed by atoms with Gasteiger partial charge in [0.15, 0.2) is 0 Å². The predicted molar refractivity (Wildman–Crippen MR) is 92.3 cm³/mol. The SMILES string of the molecule is O=C(O)c1cc2cc(-c3cccc([C@H]4CNCCO4)c3)ccc2[nH]1. The third-order valence-electron chi connectivity index (χ3n) is 4.37. The molecule has 0 spiro atoms. The van der Waals surface area contributed by atoms with E-state index in [2.05, 4.69) is 28.5 Å². The Morgan fingerprint density at radius 1 is 1.12 bits per heavy atom. The first kappa shape index (κ1) is 14.9. The summed E-state index contributed by atoms with van der Waals surface area (Å²) in [6, 6.07) is 15.9. The van der Waals surface area contributed by atoms with Crippen LogP contribution in [0.5, 0.6) is 0 Å². The standard InChI is InChI=1S/C19H18N2O3/c22-19(23)17-10-15-9-13(4-5-16(15)21-17)12-2-1-3-14(8-12)18-11-20-6-7-24-18/h1-5,8-10,18,20-21H,6-7,11H2,(H,22,23)/t18-/m1/s1. The zero-order valence-corrected chi connectivity index (χ0v) is 13.1. The highest BCUT2D eigenvalue weighted by Gasteiger charge is 2.16. The van der Waals surface area contributed by atoms with Gasteiger partial charge in [0.05, 0.1) is 12.7 Å². The fourth-order valence-electron chi connectivity index (χ4n) is 3.13. The number of morpholine rings is 1. The molecule has 24 heavy (non-hydrogen) atoms. The summed E-state index contributed by atoms with van der Waals surface area (Å²) in [4.78, 5) is 14.0. The smallest absolute Gasteiger partial charge is 0.352 e. The number of nitrogens with one attached hydrogen (secondary N) is 2. The van der Waals surface area contributed by atoms with E-state index in [1.54, 1.807) is 6.07 Å². The van der Waals surface area contributed by atoms with E-state index in [1.165, 1.54) is 0 Å². The largest absolute Gasteiger partial charge is 0.477 e. The molecule has 1 aliphatic heterocycles. The summed E-state index contributed by atoms with van der Waals surface area (Å²) in [6.45, 7) is 2.44. The molecule has 1 saturated heterocycles. The first-order valence-corrected chi connectivity index (χ1v) is 7.99. The number of aromatic nitrogens is 1. The second-order valence-electron chi connectivity index (χ2n) is 5.98. The van der Waals surface area contributed by atoms with Crippen LogP contribution in [0.1, 0.15) is 22.2 Å². The molecule has 122 valence electrons. The van der Waals surface area contributed by atoms with E-state index in [9.17, 15) is 4.79 Å². The van der Waals surface area contributed by atoms with Gasteiger partial charge in [-0.1, -0.05) is 24.3 Å². The zero-order chi connectivity index (χ0) is 16.5. The Morgan fingerprint density at radius 3 is 2.79 bits per heavy atom. The van der Waals surface area contributed by atoms with Crippen LogP contribution in [0, 0.1) is 0 Å². The molecule has 0 saturated carbocycles. The summed E-state index contributed by atoms with van der Waals surface area (Å²) in [5.41, 5.74) is 4.34. The van der Waals surface area contributed by atoms with Crippen LogP contribution in [-0.2, 0) is 4.74 Å². The van der Waals surface area contributed by atoms with Crippen LogP contribution >= 0.6 is 0 Å². The topological polar surface area (TPSA) is 74.3 Å². The fourth-order valence-corrected chi connectivity index (χ4v) is 3.13. The number of hydrogen-bond acceptors (Lipinski definition) is 3. The van der Waals surface area contributed by atoms with Crippen molar-refractivity contribution in [2.45, 2.75) is 6.10 Å². The highest BCUT2D eigenvalue weighted by atomic mass is 16.5. The molecule has 0 bridgehead atoms. The van der Waals surface area contributed by atoms with Gasteiger partial charge >= 0.3 is 5.97 Å². The minimum absolute atomic E-state index is 0.0771. The first-order chi connectivity index (χ1) is 11.7. The van der Waals surface area contributed by atoms with Crippen molar-refractivity contribution >= 4 is 16.9 Å². The summed E-state index contributed by atoms with van der Waals surface area (Å²) >= 11 is 0. The third-order valence-corrected chi connectivity index (χ3v) is 4.37. The number of carboxylic acid groups (broad SMARTS) is 1. The monoisotopic (exact) mass is 322 g/mol. The third kappa shape index (κ3) is 2.79. The lowest BCUT2D eigenvalue weighted by Gasteiger charge is -2.24. The van der Waals surface area contributed by atoms with Gasteiger partial charge < -0.3 is 20.1 Å². The average molecular weight is 322 g/mol. The Kier molecular flexibility index (Phi) is 3.80.